The van der Waals surface area contributed by atoms with Gasteiger partial charge in [0.15, 0.2) is 0 Å². The van der Waals surface area contributed by atoms with E-state index in [-0.39, 0.29) is 0 Å². The highest BCUT2D eigenvalue weighted by Gasteiger charge is 2.10. The zero-order chi connectivity index (χ0) is 12.8. The fraction of sp³-hybridized carbons (Fsp3) is 0.538. The molecule has 0 saturated heterocycles. The first-order valence-electron chi connectivity index (χ1n) is 6.12. The van der Waals surface area contributed by atoms with Crippen LogP contribution in [0.25, 0.3) is 0 Å². The number of rotatable bonds is 6. The Morgan fingerprint density at radius 1 is 1.18 bits per heavy atom. The Hall–Kier alpha value is -0.835. The van der Waals surface area contributed by atoms with E-state index in [0.29, 0.717) is 5.46 Å². The molecule has 4 heteroatoms. The van der Waals surface area contributed by atoms with Crippen LogP contribution in [0.15, 0.2) is 24.3 Å². The first-order chi connectivity index (χ1) is 7.99. The lowest BCUT2D eigenvalue weighted by molar-refractivity contribution is 0.303. The highest BCUT2D eigenvalue weighted by molar-refractivity contribution is 6.58. The molecule has 0 atom stereocenters. The number of hydrogen-bond donors (Lipinski definition) is 2. The van der Waals surface area contributed by atoms with Gasteiger partial charge >= 0.3 is 7.12 Å². The van der Waals surface area contributed by atoms with Gasteiger partial charge in [-0.15, -0.1) is 0 Å². The lowest BCUT2D eigenvalue weighted by Gasteiger charge is -2.18. The van der Waals surface area contributed by atoms with Crippen molar-refractivity contribution in [3.63, 3.8) is 0 Å². The Bertz CT molecular complexity index is 325. The average Bonchev–Trinajstić information content (AvgIpc) is 2.27. The Morgan fingerprint density at radius 3 is 2.24 bits per heavy atom. The predicted molar refractivity (Wildman–Crippen MR) is 72.1 cm³/mol. The quantitative estimate of drug-likeness (QED) is 0.718. The van der Waals surface area contributed by atoms with Crippen molar-refractivity contribution in [2.75, 3.05) is 13.6 Å². The second-order valence-corrected chi connectivity index (χ2v) is 5.04. The zero-order valence-corrected chi connectivity index (χ0v) is 10.9. The summed E-state index contributed by atoms with van der Waals surface area (Å²) in [6.07, 6.45) is 1.20. The Morgan fingerprint density at radius 2 is 1.76 bits per heavy atom. The third kappa shape index (κ3) is 5.35. The van der Waals surface area contributed by atoms with Crippen molar-refractivity contribution in [2.24, 2.45) is 5.92 Å². The first kappa shape index (κ1) is 14.2. The molecule has 1 rings (SSSR count). The molecule has 3 nitrogen and oxygen atoms in total. The van der Waals surface area contributed by atoms with Crippen LogP contribution in [0.5, 0.6) is 0 Å². The standard InChI is InChI=1S/C13H22BNO2/c1-11(2)8-9-15(3)10-12-4-6-13(7-5-12)14(16)17/h4-7,11,16-17H,8-10H2,1-3H3. The Kier molecular flexibility index (Phi) is 5.68. The van der Waals surface area contributed by atoms with Crippen LogP contribution in [-0.4, -0.2) is 35.7 Å². The van der Waals surface area contributed by atoms with Gasteiger partial charge in [-0.3, -0.25) is 0 Å². The van der Waals surface area contributed by atoms with Gasteiger partial charge in [-0.25, -0.2) is 0 Å². The summed E-state index contributed by atoms with van der Waals surface area (Å²) in [5, 5.41) is 18.0. The van der Waals surface area contributed by atoms with Crippen LogP contribution in [0, 0.1) is 5.92 Å². The van der Waals surface area contributed by atoms with Gasteiger partial charge in [-0.05, 0) is 37.0 Å². The van der Waals surface area contributed by atoms with Gasteiger partial charge in [-0.2, -0.15) is 0 Å². The second kappa shape index (κ2) is 6.79. The summed E-state index contributed by atoms with van der Waals surface area (Å²) < 4.78 is 0. The molecule has 17 heavy (non-hydrogen) atoms. The molecule has 0 heterocycles. The van der Waals surface area contributed by atoms with Crippen molar-refractivity contribution in [1.82, 2.24) is 4.90 Å². The van der Waals surface area contributed by atoms with Crippen molar-refractivity contribution in [2.45, 2.75) is 26.8 Å². The Labute approximate surface area is 104 Å². The lowest BCUT2D eigenvalue weighted by Crippen LogP contribution is -2.29. The summed E-state index contributed by atoms with van der Waals surface area (Å²) in [6.45, 7) is 6.44. The number of hydrogen-bond acceptors (Lipinski definition) is 3. The van der Waals surface area contributed by atoms with Gasteiger partial charge in [-0.1, -0.05) is 38.1 Å². The van der Waals surface area contributed by atoms with Crippen LogP contribution < -0.4 is 5.46 Å². The molecule has 0 radical (unpaired) electrons. The monoisotopic (exact) mass is 235 g/mol. The third-order valence-electron chi connectivity index (χ3n) is 2.82. The van der Waals surface area contributed by atoms with E-state index >= 15 is 0 Å². The van der Waals surface area contributed by atoms with E-state index in [1.165, 1.54) is 12.0 Å². The second-order valence-electron chi connectivity index (χ2n) is 5.04. The summed E-state index contributed by atoms with van der Waals surface area (Å²) in [7, 11) is 0.736. The highest BCUT2D eigenvalue weighted by atomic mass is 16.4. The van der Waals surface area contributed by atoms with Gasteiger partial charge in [0.05, 0.1) is 0 Å². The molecule has 0 spiro atoms. The molecule has 0 fully saturated rings. The van der Waals surface area contributed by atoms with Crippen LogP contribution in [0.3, 0.4) is 0 Å². The smallest absolute Gasteiger partial charge is 0.423 e. The first-order valence-corrected chi connectivity index (χ1v) is 6.12. The molecule has 2 N–H and O–H groups in total. The normalized spacial score (nSPS) is 11.2. The number of nitrogens with zero attached hydrogens (tertiary/aromatic N) is 1. The van der Waals surface area contributed by atoms with Crippen LogP contribution in [0.2, 0.25) is 0 Å². The summed E-state index contributed by atoms with van der Waals surface area (Å²) in [5.41, 5.74) is 1.74. The van der Waals surface area contributed by atoms with E-state index in [9.17, 15) is 0 Å². The van der Waals surface area contributed by atoms with Gasteiger partial charge in [0.1, 0.15) is 0 Å². The van der Waals surface area contributed by atoms with Gasteiger partial charge in [0.2, 0.25) is 0 Å². The van der Waals surface area contributed by atoms with Crippen LogP contribution in [0.4, 0.5) is 0 Å². The topological polar surface area (TPSA) is 43.7 Å². The molecule has 0 unspecified atom stereocenters. The van der Waals surface area contributed by atoms with E-state index in [2.05, 4.69) is 25.8 Å². The molecule has 0 aliphatic carbocycles. The largest absolute Gasteiger partial charge is 0.488 e. The van der Waals surface area contributed by atoms with Crippen molar-refractivity contribution in [1.29, 1.82) is 0 Å². The van der Waals surface area contributed by atoms with Crippen molar-refractivity contribution in [3.05, 3.63) is 29.8 Å². The summed E-state index contributed by atoms with van der Waals surface area (Å²) in [4.78, 5) is 2.28. The van der Waals surface area contributed by atoms with E-state index in [0.717, 1.165) is 19.0 Å². The van der Waals surface area contributed by atoms with Gasteiger partial charge < -0.3 is 14.9 Å². The van der Waals surface area contributed by atoms with Gasteiger partial charge in [0.25, 0.3) is 0 Å². The van der Waals surface area contributed by atoms with Crippen molar-refractivity contribution in [3.8, 4) is 0 Å². The van der Waals surface area contributed by atoms with Crippen LogP contribution in [-0.2, 0) is 6.54 Å². The maximum atomic E-state index is 8.99. The molecule has 0 saturated carbocycles. The number of benzene rings is 1. The summed E-state index contributed by atoms with van der Waals surface area (Å²) >= 11 is 0. The van der Waals surface area contributed by atoms with Crippen LogP contribution >= 0.6 is 0 Å². The third-order valence-corrected chi connectivity index (χ3v) is 2.82. The molecule has 0 amide bonds. The molecule has 1 aromatic rings. The minimum absolute atomic E-state index is 0.540. The predicted octanol–water partition coefficient (Wildman–Crippen LogP) is 0.844. The van der Waals surface area contributed by atoms with E-state index in [4.69, 9.17) is 10.0 Å². The average molecular weight is 235 g/mol. The van der Waals surface area contributed by atoms with Crippen molar-refractivity contribution < 1.29 is 10.0 Å². The fourth-order valence-corrected chi connectivity index (χ4v) is 1.66. The van der Waals surface area contributed by atoms with Crippen molar-refractivity contribution >= 4 is 12.6 Å². The molecular formula is C13H22BNO2. The maximum absolute atomic E-state index is 8.99. The molecule has 0 bridgehead atoms. The summed E-state index contributed by atoms with van der Waals surface area (Å²) in [5.74, 6) is 0.726. The fourth-order valence-electron chi connectivity index (χ4n) is 1.66. The Balaban J connectivity index is 2.45. The SMILES string of the molecule is CC(C)CCN(C)Cc1ccc(B(O)O)cc1. The molecule has 0 aliphatic rings. The highest BCUT2D eigenvalue weighted by Crippen LogP contribution is 2.05. The van der Waals surface area contributed by atoms with E-state index in [1.54, 1.807) is 12.1 Å². The minimum atomic E-state index is -1.37. The molecular weight excluding hydrogens is 213 g/mol. The zero-order valence-electron chi connectivity index (χ0n) is 10.9. The summed E-state index contributed by atoms with van der Waals surface area (Å²) in [6, 6.07) is 7.41. The lowest BCUT2D eigenvalue weighted by atomic mass is 9.80. The molecule has 0 aliphatic heterocycles. The minimum Gasteiger partial charge on any atom is -0.423 e. The maximum Gasteiger partial charge on any atom is 0.488 e. The van der Waals surface area contributed by atoms with Crippen LogP contribution in [0.1, 0.15) is 25.8 Å². The van der Waals surface area contributed by atoms with E-state index in [1.807, 2.05) is 12.1 Å². The van der Waals surface area contributed by atoms with E-state index < -0.39 is 7.12 Å². The molecule has 94 valence electrons. The molecule has 0 aromatic heterocycles. The van der Waals surface area contributed by atoms with Gasteiger partial charge in [0, 0.05) is 6.54 Å². The molecule has 1 aromatic carbocycles.